The van der Waals surface area contributed by atoms with Crippen molar-refractivity contribution in [1.29, 1.82) is 0 Å². The van der Waals surface area contributed by atoms with Gasteiger partial charge in [0.1, 0.15) is 17.4 Å². The van der Waals surface area contributed by atoms with Crippen LogP contribution in [-0.4, -0.2) is 28.2 Å². The van der Waals surface area contributed by atoms with Gasteiger partial charge in [0, 0.05) is 5.56 Å². The minimum absolute atomic E-state index is 0.00282. The first kappa shape index (κ1) is 24.8. The van der Waals surface area contributed by atoms with Gasteiger partial charge in [-0.05, 0) is 58.3 Å². The van der Waals surface area contributed by atoms with Crippen molar-refractivity contribution in [2.45, 2.75) is 13.0 Å². The highest BCUT2D eigenvalue weighted by molar-refractivity contribution is 7.15. The van der Waals surface area contributed by atoms with Crippen molar-refractivity contribution in [2.24, 2.45) is 5.10 Å². The van der Waals surface area contributed by atoms with E-state index in [1.54, 1.807) is 30.5 Å². The third-order valence-electron chi connectivity index (χ3n) is 5.59. The van der Waals surface area contributed by atoms with E-state index >= 15 is 0 Å². The third kappa shape index (κ3) is 6.45. The number of aromatic nitrogens is 2. The lowest BCUT2D eigenvalue weighted by atomic mass is 10.1. The Morgan fingerprint density at radius 1 is 0.868 bits per heavy atom. The van der Waals surface area contributed by atoms with E-state index in [9.17, 15) is 9.59 Å². The van der Waals surface area contributed by atoms with Crippen molar-refractivity contribution < 1.29 is 14.3 Å². The van der Waals surface area contributed by atoms with Crippen molar-refractivity contribution in [1.82, 2.24) is 15.6 Å². The standard InChI is InChI=1S/C29H23N5O3S/c35-26(17-27-33-34-29(38-27)31-28(36)22-8-2-1-3-9-22)32-30-18-20-13-15-24(16-14-20)37-19-23-11-6-10-21-7-4-5-12-25(21)23/h1-16,18H,17,19H2,(H,32,35)(H,31,34,36). The number of hydrazone groups is 1. The fourth-order valence-electron chi connectivity index (χ4n) is 3.72. The second-order valence-corrected chi connectivity index (χ2v) is 9.35. The van der Waals surface area contributed by atoms with Crippen LogP contribution in [0.3, 0.4) is 0 Å². The molecule has 0 spiro atoms. The number of hydrogen-bond acceptors (Lipinski definition) is 7. The SMILES string of the molecule is O=C(Cc1nnc(NC(=O)c2ccccc2)s1)NN=Cc1ccc(OCc2cccc3ccccc23)cc1. The summed E-state index contributed by atoms with van der Waals surface area (Å²) in [5.74, 6) is 0.117. The van der Waals surface area contributed by atoms with Crippen LogP contribution in [0.4, 0.5) is 5.13 Å². The summed E-state index contributed by atoms with van der Waals surface area (Å²) in [5, 5.41) is 17.7. The molecule has 5 rings (SSSR count). The first-order valence-corrected chi connectivity index (χ1v) is 12.7. The first-order chi connectivity index (χ1) is 18.6. The second kappa shape index (κ2) is 11.9. The maximum Gasteiger partial charge on any atom is 0.257 e. The number of nitrogens with one attached hydrogen (secondary N) is 2. The first-order valence-electron chi connectivity index (χ1n) is 11.8. The normalized spacial score (nSPS) is 10.9. The largest absolute Gasteiger partial charge is 0.489 e. The molecule has 1 aromatic heterocycles. The molecule has 38 heavy (non-hydrogen) atoms. The molecule has 0 bridgehead atoms. The Morgan fingerprint density at radius 2 is 1.63 bits per heavy atom. The summed E-state index contributed by atoms with van der Waals surface area (Å²) in [4.78, 5) is 24.4. The zero-order valence-electron chi connectivity index (χ0n) is 20.2. The maximum atomic E-state index is 12.2. The molecule has 0 saturated heterocycles. The van der Waals surface area contributed by atoms with Crippen LogP contribution in [-0.2, 0) is 17.8 Å². The Labute approximate surface area is 223 Å². The Hall–Kier alpha value is -4.89. The number of ether oxygens (including phenoxy) is 1. The van der Waals surface area contributed by atoms with E-state index in [1.165, 1.54) is 10.8 Å². The molecular formula is C29H23N5O3S. The van der Waals surface area contributed by atoms with Crippen LogP contribution < -0.4 is 15.5 Å². The maximum absolute atomic E-state index is 12.2. The molecule has 1 heterocycles. The number of carbonyl (C=O) groups is 2. The van der Waals surface area contributed by atoms with Crippen LogP contribution >= 0.6 is 11.3 Å². The Bertz CT molecular complexity index is 1580. The van der Waals surface area contributed by atoms with Gasteiger partial charge in [-0.2, -0.15) is 5.10 Å². The molecule has 2 amide bonds. The minimum atomic E-state index is -0.339. The third-order valence-corrected chi connectivity index (χ3v) is 6.43. The fourth-order valence-corrected chi connectivity index (χ4v) is 4.45. The van der Waals surface area contributed by atoms with Crippen LogP contribution in [0.2, 0.25) is 0 Å². The van der Waals surface area contributed by atoms with Crippen LogP contribution in [0, 0.1) is 0 Å². The summed E-state index contributed by atoms with van der Waals surface area (Å²) < 4.78 is 5.96. The summed E-state index contributed by atoms with van der Waals surface area (Å²) in [6.45, 7) is 0.466. The van der Waals surface area contributed by atoms with E-state index in [0.717, 1.165) is 28.2 Å². The van der Waals surface area contributed by atoms with Gasteiger partial charge in [0.05, 0.1) is 12.6 Å². The molecule has 9 heteroatoms. The molecule has 0 unspecified atom stereocenters. The Balaban J connectivity index is 1.08. The molecule has 0 aliphatic carbocycles. The van der Waals surface area contributed by atoms with E-state index in [1.807, 2.05) is 48.5 Å². The molecule has 5 aromatic rings. The highest BCUT2D eigenvalue weighted by atomic mass is 32.1. The number of anilines is 1. The average Bonchev–Trinajstić information content (AvgIpc) is 3.39. The Kier molecular flexibility index (Phi) is 7.76. The summed E-state index contributed by atoms with van der Waals surface area (Å²) in [6, 6.07) is 30.7. The fraction of sp³-hybridized carbons (Fsp3) is 0.0690. The summed E-state index contributed by atoms with van der Waals surface area (Å²) in [5.41, 5.74) is 4.93. The van der Waals surface area contributed by atoms with Gasteiger partial charge in [0.15, 0.2) is 0 Å². The molecule has 0 aliphatic rings. The summed E-state index contributed by atoms with van der Waals surface area (Å²) in [6.07, 6.45) is 1.55. The molecule has 0 radical (unpaired) electrons. The average molecular weight is 522 g/mol. The lowest BCUT2D eigenvalue weighted by Crippen LogP contribution is -2.19. The van der Waals surface area contributed by atoms with E-state index in [4.69, 9.17) is 4.74 Å². The van der Waals surface area contributed by atoms with E-state index in [-0.39, 0.29) is 18.2 Å². The lowest BCUT2D eigenvalue weighted by molar-refractivity contribution is -0.120. The van der Waals surface area contributed by atoms with Gasteiger partial charge < -0.3 is 4.74 Å². The van der Waals surface area contributed by atoms with Crippen LogP contribution in [0.1, 0.15) is 26.5 Å². The summed E-state index contributed by atoms with van der Waals surface area (Å²) >= 11 is 1.14. The van der Waals surface area contributed by atoms with E-state index < -0.39 is 0 Å². The summed E-state index contributed by atoms with van der Waals surface area (Å²) in [7, 11) is 0. The van der Waals surface area contributed by atoms with Gasteiger partial charge in [-0.15, -0.1) is 10.2 Å². The molecule has 0 aliphatic heterocycles. The number of carbonyl (C=O) groups excluding carboxylic acids is 2. The van der Waals surface area contributed by atoms with Gasteiger partial charge in [-0.3, -0.25) is 14.9 Å². The molecule has 0 atom stereocenters. The van der Waals surface area contributed by atoms with Crippen molar-refractivity contribution in [3.05, 3.63) is 119 Å². The number of benzene rings is 4. The highest BCUT2D eigenvalue weighted by Crippen LogP contribution is 2.21. The smallest absolute Gasteiger partial charge is 0.257 e. The molecular weight excluding hydrogens is 498 g/mol. The predicted molar refractivity (Wildman–Crippen MR) is 148 cm³/mol. The molecule has 188 valence electrons. The number of hydrogen-bond donors (Lipinski definition) is 2. The molecule has 8 nitrogen and oxygen atoms in total. The molecule has 2 N–H and O–H groups in total. The van der Waals surface area contributed by atoms with Crippen molar-refractivity contribution in [3.8, 4) is 5.75 Å². The number of fused-ring (bicyclic) bond motifs is 1. The number of amides is 2. The zero-order chi connectivity index (χ0) is 26.2. The quantitative estimate of drug-likeness (QED) is 0.205. The topological polar surface area (TPSA) is 106 Å². The van der Waals surface area contributed by atoms with Crippen LogP contribution in [0.15, 0.2) is 102 Å². The van der Waals surface area contributed by atoms with Gasteiger partial charge >= 0.3 is 0 Å². The van der Waals surface area contributed by atoms with Gasteiger partial charge in [-0.25, -0.2) is 5.43 Å². The number of rotatable bonds is 9. The monoisotopic (exact) mass is 521 g/mol. The Morgan fingerprint density at radius 3 is 2.47 bits per heavy atom. The minimum Gasteiger partial charge on any atom is -0.489 e. The van der Waals surface area contributed by atoms with Crippen molar-refractivity contribution in [2.75, 3.05) is 5.32 Å². The van der Waals surface area contributed by atoms with E-state index in [0.29, 0.717) is 22.3 Å². The van der Waals surface area contributed by atoms with Crippen LogP contribution in [0.25, 0.3) is 10.8 Å². The van der Waals surface area contributed by atoms with Gasteiger partial charge in [0.2, 0.25) is 11.0 Å². The highest BCUT2D eigenvalue weighted by Gasteiger charge is 2.12. The van der Waals surface area contributed by atoms with Crippen molar-refractivity contribution >= 4 is 45.3 Å². The number of nitrogens with zero attached hydrogens (tertiary/aromatic N) is 3. The van der Waals surface area contributed by atoms with Gasteiger partial charge in [0.25, 0.3) is 5.91 Å². The second-order valence-electron chi connectivity index (χ2n) is 8.29. The van der Waals surface area contributed by atoms with Crippen molar-refractivity contribution in [3.63, 3.8) is 0 Å². The predicted octanol–water partition coefficient (Wildman–Crippen LogP) is 5.22. The van der Waals surface area contributed by atoms with E-state index in [2.05, 4.69) is 50.3 Å². The zero-order valence-corrected chi connectivity index (χ0v) is 21.0. The molecule has 0 saturated carbocycles. The van der Waals surface area contributed by atoms with Gasteiger partial charge in [-0.1, -0.05) is 72.0 Å². The van der Waals surface area contributed by atoms with Crippen LogP contribution in [0.5, 0.6) is 5.75 Å². The lowest BCUT2D eigenvalue weighted by Gasteiger charge is -2.09. The molecule has 4 aromatic carbocycles. The molecule has 0 fully saturated rings.